The van der Waals surface area contributed by atoms with E-state index >= 15 is 0 Å². The number of halogens is 6. The molecule has 3 rings (SSSR count). The summed E-state index contributed by atoms with van der Waals surface area (Å²) in [4.78, 5) is -3.81. The summed E-state index contributed by atoms with van der Waals surface area (Å²) >= 11 is 0. The highest BCUT2D eigenvalue weighted by Gasteiger charge is 2.55. The normalized spacial score (nSPS) is 13.4. The van der Waals surface area contributed by atoms with E-state index in [4.69, 9.17) is 0 Å². The summed E-state index contributed by atoms with van der Waals surface area (Å²) in [5.41, 5.74) is -11.9. The van der Waals surface area contributed by atoms with E-state index in [-0.39, 0.29) is 11.6 Å². The van der Waals surface area contributed by atoms with Gasteiger partial charge in [-0.3, -0.25) is 0 Å². The van der Waals surface area contributed by atoms with Crippen LogP contribution in [0.1, 0.15) is 142 Å². The second-order valence-electron chi connectivity index (χ2n) is 14.1. The van der Waals surface area contributed by atoms with Crippen LogP contribution in [0.2, 0.25) is 0 Å². The van der Waals surface area contributed by atoms with Crippen LogP contribution in [-0.4, -0.2) is 58.5 Å². The van der Waals surface area contributed by atoms with Crippen LogP contribution in [-0.2, 0) is 26.1 Å². The third-order valence-electron chi connectivity index (χ3n) is 10.0. The summed E-state index contributed by atoms with van der Waals surface area (Å²) in [6.45, 7) is 15.2. The molecule has 0 spiro atoms. The van der Waals surface area contributed by atoms with Crippen molar-refractivity contribution in [1.29, 1.82) is 0 Å². The lowest BCUT2D eigenvalue weighted by atomic mass is 10.1. The molecule has 2 aromatic rings. The van der Waals surface area contributed by atoms with Gasteiger partial charge in [-0.25, -0.2) is 16.8 Å². The Bertz CT molecular complexity index is 1540. The minimum absolute atomic E-state index is 0.0606. The fraction of sp³-hybridized carbons (Fsp3) is 0.692. The zero-order chi connectivity index (χ0) is 39.1. The molecule has 1 aliphatic rings. The maximum absolute atomic E-state index is 13.1. The van der Waals surface area contributed by atoms with Gasteiger partial charge in [0.2, 0.25) is 0 Å². The fourth-order valence-electron chi connectivity index (χ4n) is 7.08. The zero-order valence-corrected chi connectivity index (χ0v) is 33.1. The van der Waals surface area contributed by atoms with Gasteiger partial charge in [0.05, 0.1) is 36.0 Å². The number of hydrogen-bond acceptors (Lipinski definition) is 4. The fourth-order valence-corrected chi connectivity index (χ4v) is 9.67. The molecule has 0 amide bonds. The molecule has 298 valence electrons. The Kier molecular flexibility index (Phi) is 18.7. The average molecular weight is 785 g/mol. The first-order valence-electron chi connectivity index (χ1n) is 19.2. The van der Waals surface area contributed by atoms with Crippen molar-refractivity contribution in [2.75, 3.05) is 26.2 Å². The first kappa shape index (κ1) is 46.0. The molecule has 0 aromatic heterocycles. The number of nitrogens with zero attached hydrogens (tertiary/aromatic N) is 1. The number of benzene rings is 2. The van der Waals surface area contributed by atoms with Crippen LogP contribution < -0.4 is 0 Å². The Balaban J connectivity index is 0.000000362. The lowest BCUT2D eigenvalue weighted by Crippen LogP contribution is -2.50. The van der Waals surface area contributed by atoms with Gasteiger partial charge in [-0.05, 0) is 79.7 Å². The van der Waals surface area contributed by atoms with E-state index in [1.807, 2.05) is 0 Å². The molecule has 0 aliphatic heterocycles. The van der Waals surface area contributed by atoms with Crippen molar-refractivity contribution < 1.29 is 47.7 Å². The van der Waals surface area contributed by atoms with E-state index in [9.17, 15) is 43.2 Å². The lowest BCUT2D eigenvalue weighted by molar-refractivity contribution is -0.929. The highest BCUT2D eigenvalue weighted by Crippen LogP contribution is 2.47. The van der Waals surface area contributed by atoms with Crippen molar-refractivity contribution in [3.63, 3.8) is 0 Å². The van der Waals surface area contributed by atoms with Crippen LogP contribution in [0.4, 0.5) is 26.3 Å². The quantitative estimate of drug-likeness (QED) is 0.0578. The monoisotopic (exact) mass is 784 g/mol. The van der Waals surface area contributed by atoms with Gasteiger partial charge in [0.25, 0.3) is 19.7 Å². The van der Waals surface area contributed by atoms with Crippen molar-refractivity contribution in [3.8, 4) is 11.1 Å². The smallest absolute Gasteiger partial charge is 0.324 e. The van der Waals surface area contributed by atoms with Gasteiger partial charge in [-0.2, -0.15) is 26.3 Å². The van der Waals surface area contributed by atoms with E-state index in [1.165, 1.54) is 158 Å². The lowest BCUT2D eigenvalue weighted by Gasteiger charge is -2.39. The largest absolute Gasteiger partial charge is 0.501 e. The molecule has 5 nitrogen and oxygen atoms in total. The Morgan fingerprint density at radius 2 is 0.923 bits per heavy atom. The Labute approximate surface area is 309 Å². The number of rotatable bonds is 22. The van der Waals surface area contributed by atoms with E-state index in [2.05, 4.69) is 27.7 Å². The molecule has 52 heavy (non-hydrogen) atoms. The predicted molar refractivity (Wildman–Crippen MR) is 197 cm³/mol. The van der Waals surface area contributed by atoms with Crippen molar-refractivity contribution in [2.45, 2.75) is 158 Å². The second kappa shape index (κ2) is 21.1. The summed E-state index contributed by atoms with van der Waals surface area (Å²) in [7, 11) is -12.7. The molecular formula is C39H60F6NO4S2+. The number of alkyl halides is 6. The Hall–Kier alpha value is -2.12. The molecule has 0 heterocycles. The van der Waals surface area contributed by atoms with Crippen LogP contribution in [0.5, 0.6) is 0 Å². The third-order valence-corrected chi connectivity index (χ3v) is 13.3. The molecule has 1 aliphatic carbocycles. The van der Waals surface area contributed by atoms with Crippen LogP contribution in [0.3, 0.4) is 0 Å². The number of unbranched alkanes of at least 4 members (excludes halogenated alkanes) is 12. The molecule has 0 atom stereocenters. The van der Waals surface area contributed by atoms with E-state index in [0.29, 0.717) is 11.1 Å². The molecule has 0 radical (unpaired) electrons. The minimum atomic E-state index is -6.37. The second-order valence-corrected chi connectivity index (χ2v) is 17.9. The number of fused-ring (bicyclic) bond motifs is 3. The Morgan fingerprint density at radius 1 is 0.519 bits per heavy atom. The maximum Gasteiger partial charge on any atom is 0.501 e. The standard InChI is InChI=1S/C24H52N.C15H8F6O4S2/c1-5-9-13-17-21-25(22-18-14-10-6-2,23-19-15-11-7-3)24-20-16-12-8-4;16-14(17,18)26(22,23)12-6-5-10-9-4-2-1-3-8(9)7-11(10)13(12)27(24,25)15(19,20)21/h5-24H2,1-4H3;1-6H,7H2/q+1;. The topological polar surface area (TPSA) is 68.3 Å². The molecule has 0 fully saturated rings. The highest BCUT2D eigenvalue weighted by atomic mass is 32.2. The first-order chi connectivity index (χ1) is 24.4. The van der Waals surface area contributed by atoms with Crippen LogP contribution in [0.15, 0.2) is 46.2 Å². The van der Waals surface area contributed by atoms with Crippen molar-refractivity contribution in [1.82, 2.24) is 0 Å². The van der Waals surface area contributed by atoms with Gasteiger partial charge in [0, 0.05) is 6.42 Å². The highest BCUT2D eigenvalue weighted by molar-refractivity contribution is 7.95. The van der Waals surface area contributed by atoms with Gasteiger partial charge in [0.15, 0.2) is 0 Å². The summed E-state index contributed by atoms with van der Waals surface area (Å²) in [5, 5.41) is 0. The SMILES string of the molecule is CCCCCC[N+](CCCCCC)(CCCCCC)CCCCCC.O=S(=O)(c1ccc2c(c1S(=O)(=O)C(F)(F)F)Cc1ccccc1-2)C(F)(F)F. The van der Waals surface area contributed by atoms with Gasteiger partial charge >= 0.3 is 11.0 Å². The summed E-state index contributed by atoms with van der Waals surface area (Å²) < 4.78 is 127. The average Bonchev–Trinajstić information content (AvgIpc) is 3.46. The number of sulfone groups is 2. The minimum Gasteiger partial charge on any atom is -0.324 e. The van der Waals surface area contributed by atoms with Crippen molar-refractivity contribution >= 4 is 19.7 Å². The molecular weight excluding hydrogens is 725 g/mol. The summed E-state index contributed by atoms with van der Waals surface area (Å²) in [6, 6.07) is 7.06. The Morgan fingerprint density at radius 3 is 1.31 bits per heavy atom. The van der Waals surface area contributed by atoms with Crippen LogP contribution in [0, 0.1) is 0 Å². The van der Waals surface area contributed by atoms with Gasteiger partial charge in [0.1, 0.15) is 0 Å². The molecule has 0 saturated heterocycles. The van der Waals surface area contributed by atoms with Gasteiger partial charge in [-0.1, -0.05) is 109 Å². The molecule has 0 saturated carbocycles. The van der Waals surface area contributed by atoms with Gasteiger partial charge < -0.3 is 4.48 Å². The predicted octanol–water partition coefficient (Wildman–Crippen LogP) is 12.0. The van der Waals surface area contributed by atoms with Gasteiger partial charge in [-0.15, -0.1) is 0 Å². The zero-order valence-electron chi connectivity index (χ0n) is 31.5. The third kappa shape index (κ3) is 12.5. The van der Waals surface area contributed by atoms with Crippen LogP contribution >= 0.6 is 0 Å². The molecule has 0 unspecified atom stereocenters. The maximum atomic E-state index is 13.1. The molecule has 13 heteroatoms. The molecule has 2 aromatic carbocycles. The first-order valence-corrected chi connectivity index (χ1v) is 22.1. The summed E-state index contributed by atoms with van der Waals surface area (Å²) in [5.74, 6) is 0. The van der Waals surface area contributed by atoms with Crippen molar-refractivity contribution in [3.05, 3.63) is 47.5 Å². The summed E-state index contributed by atoms with van der Waals surface area (Å²) in [6.07, 6.45) is 22.4. The van der Waals surface area contributed by atoms with E-state index in [1.54, 1.807) is 0 Å². The number of hydrogen-bond donors (Lipinski definition) is 0. The van der Waals surface area contributed by atoms with E-state index < -0.39 is 52.5 Å². The van der Waals surface area contributed by atoms with E-state index in [0.717, 1.165) is 6.07 Å². The molecule has 0 bridgehead atoms. The number of quaternary nitrogens is 1. The molecule has 0 N–H and O–H groups in total. The van der Waals surface area contributed by atoms with Crippen LogP contribution in [0.25, 0.3) is 11.1 Å². The van der Waals surface area contributed by atoms with Crippen molar-refractivity contribution in [2.24, 2.45) is 0 Å².